The van der Waals surface area contributed by atoms with E-state index in [-0.39, 0.29) is 18.3 Å². The van der Waals surface area contributed by atoms with Crippen LogP contribution < -0.4 is 0 Å². The Morgan fingerprint density at radius 1 is 1.06 bits per heavy atom. The fourth-order valence-electron chi connectivity index (χ4n) is 1.14. The molecule has 1 atom stereocenters. The number of aliphatic hydroxyl groups excluding tert-OH is 1. The highest BCUT2D eigenvalue weighted by Crippen LogP contribution is 2.23. The van der Waals surface area contributed by atoms with Crippen molar-refractivity contribution in [1.82, 2.24) is 0 Å². The molecule has 0 rings (SSSR count). The Morgan fingerprint density at radius 3 is 1.94 bits per heavy atom. The number of likely N-dealkylation sites (N-methyl/N-ethyl adjacent to an activating group) is 1. The summed E-state index contributed by atoms with van der Waals surface area (Å²) in [5.41, 5.74) is -0.0694. The van der Waals surface area contributed by atoms with Crippen molar-refractivity contribution in [3.63, 3.8) is 0 Å². The Balaban J connectivity index is 4.03. The van der Waals surface area contributed by atoms with Gasteiger partial charge in [-0.1, -0.05) is 20.8 Å². The number of ether oxygens (including phenoxy) is 2. The molecule has 1 N–H and O–H groups in total. The van der Waals surface area contributed by atoms with Crippen molar-refractivity contribution in [1.29, 1.82) is 0 Å². The van der Waals surface area contributed by atoms with Crippen molar-refractivity contribution in [2.45, 2.75) is 27.1 Å². The van der Waals surface area contributed by atoms with E-state index in [9.17, 15) is 0 Å². The molecule has 0 radical (unpaired) electrons. The lowest BCUT2D eigenvalue weighted by molar-refractivity contribution is -0.871. The quantitative estimate of drug-likeness (QED) is 0.529. The number of aliphatic hydroxyl groups is 1. The van der Waals surface area contributed by atoms with Crippen LogP contribution >= 0.6 is 0 Å². The average molecular weight is 234 g/mol. The van der Waals surface area contributed by atoms with E-state index in [1.807, 2.05) is 0 Å². The number of quaternary nitrogens is 1. The van der Waals surface area contributed by atoms with Crippen LogP contribution in [0, 0.1) is 5.41 Å². The molecule has 0 saturated carbocycles. The van der Waals surface area contributed by atoms with Crippen LogP contribution in [0.5, 0.6) is 0 Å². The Bertz CT molecular complexity index is 182. The average Bonchev–Trinajstić information content (AvgIpc) is 2.06. The molecule has 0 aromatic rings. The van der Waals surface area contributed by atoms with Gasteiger partial charge in [0, 0.05) is 5.41 Å². The largest absolute Gasteiger partial charge is 0.394 e. The Labute approximate surface area is 99.7 Å². The second-order valence-electron chi connectivity index (χ2n) is 6.18. The lowest BCUT2D eigenvalue weighted by atomic mass is 9.96. The SMILES string of the molecule is CC(C)(C)C(OCCO)OCC[N+](C)(C)C. The van der Waals surface area contributed by atoms with E-state index in [4.69, 9.17) is 14.6 Å². The lowest BCUT2D eigenvalue weighted by Crippen LogP contribution is -2.40. The number of hydrogen-bond acceptors (Lipinski definition) is 3. The fourth-order valence-corrected chi connectivity index (χ4v) is 1.14. The van der Waals surface area contributed by atoms with Crippen molar-refractivity contribution in [3.8, 4) is 0 Å². The van der Waals surface area contributed by atoms with Crippen LogP contribution in [0.4, 0.5) is 0 Å². The van der Waals surface area contributed by atoms with E-state index >= 15 is 0 Å². The summed E-state index contributed by atoms with van der Waals surface area (Å²) in [4.78, 5) is 0. The van der Waals surface area contributed by atoms with Gasteiger partial charge in [-0.25, -0.2) is 0 Å². The lowest BCUT2D eigenvalue weighted by Gasteiger charge is -2.31. The topological polar surface area (TPSA) is 38.7 Å². The van der Waals surface area contributed by atoms with Gasteiger partial charge in [-0.15, -0.1) is 0 Å². The van der Waals surface area contributed by atoms with Gasteiger partial charge < -0.3 is 19.1 Å². The van der Waals surface area contributed by atoms with Crippen LogP contribution in [0.1, 0.15) is 20.8 Å². The van der Waals surface area contributed by atoms with E-state index in [2.05, 4.69) is 41.9 Å². The summed E-state index contributed by atoms with van der Waals surface area (Å²) in [6.07, 6.45) is -0.258. The van der Waals surface area contributed by atoms with E-state index in [0.717, 1.165) is 11.0 Å². The minimum Gasteiger partial charge on any atom is -0.394 e. The third kappa shape index (κ3) is 8.05. The molecule has 0 fully saturated rings. The number of hydrogen-bond donors (Lipinski definition) is 1. The maximum absolute atomic E-state index is 8.75. The van der Waals surface area contributed by atoms with Crippen molar-refractivity contribution < 1.29 is 19.1 Å². The predicted molar refractivity (Wildman–Crippen MR) is 65.1 cm³/mol. The summed E-state index contributed by atoms with van der Waals surface area (Å²) in [7, 11) is 6.39. The molecule has 0 aromatic heterocycles. The van der Waals surface area contributed by atoms with Crippen molar-refractivity contribution in [3.05, 3.63) is 0 Å². The molecular weight excluding hydrogens is 206 g/mol. The Kier molecular flexibility index (Phi) is 6.48. The molecule has 0 aliphatic heterocycles. The predicted octanol–water partition coefficient (Wildman–Crippen LogP) is 1.09. The number of nitrogens with zero attached hydrogens (tertiary/aromatic N) is 1. The molecule has 0 heterocycles. The zero-order chi connectivity index (χ0) is 12.8. The first-order chi connectivity index (χ1) is 7.17. The molecule has 0 bridgehead atoms. The normalized spacial score (nSPS) is 15.2. The molecule has 16 heavy (non-hydrogen) atoms. The second-order valence-corrected chi connectivity index (χ2v) is 6.18. The molecule has 0 aromatic carbocycles. The third-order valence-corrected chi connectivity index (χ3v) is 2.10. The van der Waals surface area contributed by atoms with Crippen LogP contribution in [-0.4, -0.2) is 63.4 Å². The molecule has 4 nitrogen and oxygen atoms in total. The standard InChI is InChI=1S/C12H28NO3/c1-12(2,3)11(16-10-8-14)15-9-7-13(4,5)6/h11,14H,7-10H2,1-6H3/q+1. The highest BCUT2D eigenvalue weighted by Gasteiger charge is 2.26. The Hall–Kier alpha value is -0.160. The minimum atomic E-state index is -0.258. The van der Waals surface area contributed by atoms with Crippen LogP contribution in [0.3, 0.4) is 0 Å². The molecule has 0 amide bonds. The molecule has 1 unspecified atom stereocenters. The van der Waals surface area contributed by atoms with Crippen LogP contribution in [0.2, 0.25) is 0 Å². The van der Waals surface area contributed by atoms with Gasteiger partial charge in [0.1, 0.15) is 6.54 Å². The number of rotatable bonds is 7. The van der Waals surface area contributed by atoms with E-state index in [1.54, 1.807) is 0 Å². The zero-order valence-electron chi connectivity index (χ0n) is 11.6. The molecule has 0 spiro atoms. The highest BCUT2D eigenvalue weighted by molar-refractivity contribution is 4.66. The monoisotopic (exact) mass is 234 g/mol. The summed E-state index contributed by atoms with van der Waals surface area (Å²) in [6.45, 7) is 8.17. The first-order valence-electron chi connectivity index (χ1n) is 5.81. The summed E-state index contributed by atoms with van der Waals surface area (Å²) in [6, 6.07) is 0. The maximum Gasteiger partial charge on any atom is 0.162 e. The molecule has 0 aliphatic rings. The molecule has 0 saturated heterocycles. The van der Waals surface area contributed by atoms with Gasteiger partial charge in [-0.3, -0.25) is 0 Å². The molecule has 4 heteroatoms. The highest BCUT2D eigenvalue weighted by atomic mass is 16.7. The minimum absolute atomic E-state index is 0.0330. The van der Waals surface area contributed by atoms with Crippen molar-refractivity contribution in [2.75, 3.05) is 47.5 Å². The van der Waals surface area contributed by atoms with Gasteiger partial charge in [0.2, 0.25) is 0 Å². The first-order valence-corrected chi connectivity index (χ1v) is 5.81. The van der Waals surface area contributed by atoms with Crippen LogP contribution in [-0.2, 0) is 9.47 Å². The Morgan fingerprint density at radius 2 is 1.56 bits per heavy atom. The first kappa shape index (κ1) is 15.8. The third-order valence-electron chi connectivity index (χ3n) is 2.10. The summed E-state index contributed by atoms with van der Waals surface area (Å²) in [5, 5.41) is 8.75. The molecular formula is C12H28NO3+. The van der Waals surface area contributed by atoms with Crippen molar-refractivity contribution in [2.24, 2.45) is 5.41 Å². The van der Waals surface area contributed by atoms with E-state index in [0.29, 0.717) is 13.2 Å². The van der Waals surface area contributed by atoms with E-state index in [1.165, 1.54) is 0 Å². The summed E-state index contributed by atoms with van der Waals surface area (Å²) in [5.74, 6) is 0. The molecule has 0 aliphatic carbocycles. The zero-order valence-corrected chi connectivity index (χ0v) is 11.6. The second kappa shape index (κ2) is 6.55. The molecule has 98 valence electrons. The van der Waals surface area contributed by atoms with Crippen LogP contribution in [0.15, 0.2) is 0 Å². The van der Waals surface area contributed by atoms with Gasteiger partial charge in [0.05, 0.1) is 41.0 Å². The van der Waals surface area contributed by atoms with Crippen molar-refractivity contribution >= 4 is 0 Å². The van der Waals surface area contributed by atoms with Crippen LogP contribution in [0.25, 0.3) is 0 Å². The van der Waals surface area contributed by atoms with Gasteiger partial charge in [0.25, 0.3) is 0 Å². The van der Waals surface area contributed by atoms with Gasteiger partial charge >= 0.3 is 0 Å². The van der Waals surface area contributed by atoms with E-state index < -0.39 is 0 Å². The van der Waals surface area contributed by atoms with Gasteiger partial charge in [-0.05, 0) is 0 Å². The summed E-state index contributed by atoms with van der Waals surface area (Å²) < 4.78 is 12.1. The fraction of sp³-hybridized carbons (Fsp3) is 1.00. The maximum atomic E-state index is 8.75. The van der Waals surface area contributed by atoms with Gasteiger partial charge in [-0.2, -0.15) is 0 Å². The summed E-state index contributed by atoms with van der Waals surface area (Å²) >= 11 is 0. The smallest absolute Gasteiger partial charge is 0.162 e. The van der Waals surface area contributed by atoms with Gasteiger partial charge in [0.15, 0.2) is 6.29 Å².